The molecule has 0 bridgehead atoms. The van der Waals surface area contributed by atoms with Crippen molar-refractivity contribution in [1.29, 1.82) is 0 Å². The lowest BCUT2D eigenvalue weighted by molar-refractivity contribution is -0.137. The van der Waals surface area contributed by atoms with Gasteiger partial charge < -0.3 is 10.4 Å². The molecule has 0 radical (unpaired) electrons. The van der Waals surface area contributed by atoms with E-state index >= 15 is 0 Å². The quantitative estimate of drug-likeness (QED) is 0.286. The molecule has 0 atom stereocenters. The summed E-state index contributed by atoms with van der Waals surface area (Å²) in [6.45, 7) is 2.00. The SMILES string of the molecule is CCCCCCCCCCCCCCCCCCC(=O)NCC(=O)O. The number of carbonyl (C=O) groups is 2. The number of carboxylic acids is 1. The molecule has 0 aliphatic carbocycles. The number of hydrogen-bond donors (Lipinski definition) is 2. The number of amides is 1. The highest BCUT2D eigenvalue weighted by Gasteiger charge is 2.03. The molecule has 148 valence electrons. The zero-order valence-corrected chi connectivity index (χ0v) is 16.5. The molecule has 0 rings (SSSR count). The predicted octanol–water partition coefficient (Wildman–Crippen LogP) is 5.84. The first-order chi connectivity index (χ1) is 12.2. The van der Waals surface area contributed by atoms with Crippen molar-refractivity contribution >= 4 is 11.9 Å². The number of hydrogen-bond acceptors (Lipinski definition) is 2. The minimum absolute atomic E-state index is 0.146. The molecule has 0 heterocycles. The molecule has 0 aromatic heterocycles. The maximum Gasteiger partial charge on any atom is 0.322 e. The molecule has 0 fully saturated rings. The fourth-order valence-corrected chi connectivity index (χ4v) is 3.10. The van der Waals surface area contributed by atoms with Gasteiger partial charge in [-0.15, -0.1) is 0 Å². The first-order valence-corrected chi connectivity index (χ1v) is 10.6. The summed E-state index contributed by atoms with van der Waals surface area (Å²) >= 11 is 0. The second-order valence-electron chi connectivity index (χ2n) is 7.22. The van der Waals surface area contributed by atoms with Crippen molar-refractivity contribution in [3.8, 4) is 0 Å². The second kappa shape index (κ2) is 19.3. The molecule has 0 unspecified atom stereocenters. The van der Waals surface area contributed by atoms with Gasteiger partial charge in [-0.1, -0.05) is 103 Å². The van der Waals surface area contributed by atoms with Crippen LogP contribution in [0.25, 0.3) is 0 Å². The molecule has 0 aliphatic rings. The van der Waals surface area contributed by atoms with Crippen LogP contribution >= 0.6 is 0 Å². The fraction of sp³-hybridized carbons (Fsp3) is 0.905. The van der Waals surface area contributed by atoms with E-state index in [1.807, 2.05) is 0 Å². The van der Waals surface area contributed by atoms with Crippen molar-refractivity contribution in [1.82, 2.24) is 5.32 Å². The van der Waals surface area contributed by atoms with Gasteiger partial charge >= 0.3 is 5.97 Å². The second-order valence-corrected chi connectivity index (χ2v) is 7.22. The molecular formula is C21H41NO3. The Balaban J connectivity index is 3.09. The maximum atomic E-state index is 11.3. The van der Waals surface area contributed by atoms with Gasteiger partial charge in [0, 0.05) is 6.42 Å². The lowest BCUT2D eigenvalue weighted by Crippen LogP contribution is -2.28. The zero-order valence-electron chi connectivity index (χ0n) is 16.5. The summed E-state index contributed by atoms with van der Waals surface area (Å²) < 4.78 is 0. The van der Waals surface area contributed by atoms with E-state index in [1.54, 1.807) is 0 Å². The largest absolute Gasteiger partial charge is 0.480 e. The molecule has 0 aromatic rings. The Morgan fingerprint density at radius 2 is 1.00 bits per heavy atom. The van der Waals surface area contributed by atoms with Crippen molar-refractivity contribution in [3.63, 3.8) is 0 Å². The fourth-order valence-electron chi connectivity index (χ4n) is 3.10. The lowest BCUT2D eigenvalue weighted by atomic mass is 10.0. The molecule has 25 heavy (non-hydrogen) atoms. The summed E-state index contributed by atoms with van der Waals surface area (Å²) in [6, 6.07) is 0. The Morgan fingerprint density at radius 3 is 1.36 bits per heavy atom. The predicted molar refractivity (Wildman–Crippen MR) is 105 cm³/mol. The van der Waals surface area contributed by atoms with E-state index in [1.165, 1.54) is 89.9 Å². The Hall–Kier alpha value is -1.06. The van der Waals surface area contributed by atoms with Crippen LogP contribution in [0.3, 0.4) is 0 Å². The van der Waals surface area contributed by atoms with Gasteiger partial charge in [-0.25, -0.2) is 0 Å². The van der Waals surface area contributed by atoms with E-state index in [0.717, 1.165) is 12.8 Å². The highest BCUT2D eigenvalue weighted by atomic mass is 16.4. The summed E-state index contributed by atoms with van der Waals surface area (Å²) in [5, 5.41) is 10.9. The number of carbonyl (C=O) groups excluding carboxylic acids is 1. The normalized spacial score (nSPS) is 10.8. The van der Waals surface area contributed by atoms with Gasteiger partial charge in [-0.3, -0.25) is 9.59 Å². The Kier molecular flexibility index (Phi) is 18.5. The van der Waals surface area contributed by atoms with Gasteiger partial charge in [0.1, 0.15) is 6.54 Å². The molecule has 0 saturated carbocycles. The molecular weight excluding hydrogens is 314 g/mol. The molecule has 2 N–H and O–H groups in total. The van der Waals surface area contributed by atoms with Gasteiger partial charge in [-0.05, 0) is 6.42 Å². The Morgan fingerprint density at radius 1 is 0.640 bits per heavy atom. The van der Waals surface area contributed by atoms with Gasteiger partial charge in [0.2, 0.25) is 5.91 Å². The zero-order chi connectivity index (χ0) is 18.6. The van der Waals surface area contributed by atoms with Gasteiger partial charge in [-0.2, -0.15) is 0 Å². The summed E-state index contributed by atoms with van der Waals surface area (Å²) in [6.07, 6.45) is 21.5. The first kappa shape index (κ1) is 23.9. The third-order valence-electron chi connectivity index (χ3n) is 4.69. The highest BCUT2D eigenvalue weighted by Crippen LogP contribution is 2.13. The van der Waals surface area contributed by atoms with E-state index in [9.17, 15) is 9.59 Å². The third kappa shape index (κ3) is 20.9. The molecule has 0 aliphatic heterocycles. The lowest BCUT2D eigenvalue weighted by Gasteiger charge is -2.04. The molecule has 0 saturated heterocycles. The first-order valence-electron chi connectivity index (χ1n) is 10.6. The summed E-state index contributed by atoms with van der Waals surface area (Å²) in [5.74, 6) is -1.13. The minimum atomic E-state index is -0.986. The summed E-state index contributed by atoms with van der Waals surface area (Å²) in [7, 11) is 0. The van der Waals surface area contributed by atoms with Crippen molar-refractivity contribution in [2.24, 2.45) is 0 Å². The van der Waals surface area contributed by atoms with E-state index in [-0.39, 0.29) is 12.5 Å². The van der Waals surface area contributed by atoms with Gasteiger partial charge in [0.05, 0.1) is 0 Å². The van der Waals surface area contributed by atoms with Crippen molar-refractivity contribution in [2.75, 3.05) is 6.54 Å². The monoisotopic (exact) mass is 355 g/mol. The van der Waals surface area contributed by atoms with E-state index in [2.05, 4.69) is 12.2 Å². The molecule has 4 nitrogen and oxygen atoms in total. The van der Waals surface area contributed by atoms with E-state index < -0.39 is 5.97 Å². The van der Waals surface area contributed by atoms with Crippen LogP contribution in [0.5, 0.6) is 0 Å². The van der Waals surface area contributed by atoms with Crippen molar-refractivity contribution < 1.29 is 14.7 Å². The molecule has 1 amide bonds. The Bertz CT molecular complexity index is 318. The van der Waals surface area contributed by atoms with Crippen LogP contribution in [0.1, 0.15) is 116 Å². The van der Waals surface area contributed by atoms with Crippen molar-refractivity contribution in [2.45, 2.75) is 116 Å². The molecule has 0 aromatic carbocycles. The molecule has 0 spiro atoms. The van der Waals surface area contributed by atoms with Crippen LogP contribution in [0.2, 0.25) is 0 Å². The van der Waals surface area contributed by atoms with E-state index in [0.29, 0.717) is 6.42 Å². The topological polar surface area (TPSA) is 66.4 Å². The van der Waals surface area contributed by atoms with Crippen molar-refractivity contribution in [3.05, 3.63) is 0 Å². The number of carboxylic acid groups (broad SMARTS) is 1. The summed E-state index contributed by atoms with van der Waals surface area (Å²) in [5.41, 5.74) is 0. The minimum Gasteiger partial charge on any atom is -0.480 e. The average molecular weight is 356 g/mol. The highest BCUT2D eigenvalue weighted by molar-refractivity contribution is 5.80. The van der Waals surface area contributed by atoms with Crippen LogP contribution in [0.4, 0.5) is 0 Å². The van der Waals surface area contributed by atoms with Crippen LogP contribution in [-0.4, -0.2) is 23.5 Å². The number of nitrogens with one attached hydrogen (secondary N) is 1. The number of rotatable bonds is 19. The van der Waals surface area contributed by atoms with Crippen LogP contribution in [-0.2, 0) is 9.59 Å². The van der Waals surface area contributed by atoms with Crippen LogP contribution < -0.4 is 5.32 Å². The summed E-state index contributed by atoms with van der Waals surface area (Å²) in [4.78, 5) is 21.6. The third-order valence-corrected chi connectivity index (χ3v) is 4.69. The van der Waals surface area contributed by atoms with Crippen LogP contribution in [0.15, 0.2) is 0 Å². The van der Waals surface area contributed by atoms with Crippen LogP contribution in [0, 0.1) is 0 Å². The molecule has 4 heteroatoms. The average Bonchev–Trinajstić information content (AvgIpc) is 2.59. The van der Waals surface area contributed by atoms with Gasteiger partial charge in [0.25, 0.3) is 0 Å². The smallest absolute Gasteiger partial charge is 0.322 e. The maximum absolute atomic E-state index is 11.3. The number of unbranched alkanes of at least 4 members (excludes halogenated alkanes) is 15. The Labute approximate surface area is 155 Å². The van der Waals surface area contributed by atoms with Gasteiger partial charge in [0.15, 0.2) is 0 Å². The standard InChI is InChI=1S/C21H41NO3/c1-2-3-4-5-6-7-8-9-10-11-12-13-14-15-16-17-18-20(23)22-19-21(24)25/h2-19H2,1H3,(H,22,23)(H,24,25). The van der Waals surface area contributed by atoms with E-state index in [4.69, 9.17) is 5.11 Å². The number of aliphatic carboxylic acids is 1.